The number of nitrogens with zero attached hydrogens (tertiary/aromatic N) is 2. The van der Waals surface area contributed by atoms with Crippen LogP contribution in [0.15, 0.2) is 76.6 Å². The van der Waals surface area contributed by atoms with Crippen LogP contribution in [0.3, 0.4) is 0 Å². The van der Waals surface area contributed by atoms with E-state index >= 15 is 0 Å². The molecule has 4 aromatic rings. The minimum atomic E-state index is -0.702. The number of aryl methyl sites for hydroxylation is 3. The third kappa shape index (κ3) is 3.48. The number of aromatic nitrogens is 1. The fourth-order valence-electron chi connectivity index (χ4n) is 4.31. The standard InChI is InChI=1S/C28H24N2O4/c1-5-11-33-20-8-6-7-19(14-20)25-24-26(31)21-12-17(3)18(4)13-22(21)34-27(24)28(32)30(25)23-10-9-16(2)15-29-23/h5-10,12-15,25H,1,11H2,2-4H3/t25-/m1/s1. The molecule has 2 aromatic heterocycles. The number of rotatable bonds is 5. The lowest BCUT2D eigenvalue weighted by Gasteiger charge is -2.24. The van der Waals surface area contributed by atoms with Crippen molar-refractivity contribution >= 4 is 22.7 Å². The first-order valence-corrected chi connectivity index (χ1v) is 11.1. The quantitative estimate of drug-likeness (QED) is 0.378. The van der Waals surface area contributed by atoms with Gasteiger partial charge in [-0.1, -0.05) is 30.9 Å². The van der Waals surface area contributed by atoms with Crippen molar-refractivity contribution in [2.24, 2.45) is 0 Å². The number of fused-ring (bicyclic) bond motifs is 2. The van der Waals surface area contributed by atoms with Gasteiger partial charge in [0.25, 0.3) is 5.91 Å². The lowest BCUT2D eigenvalue weighted by molar-refractivity contribution is 0.0970. The van der Waals surface area contributed by atoms with E-state index in [4.69, 9.17) is 9.15 Å². The van der Waals surface area contributed by atoms with E-state index < -0.39 is 11.9 Å². The summed E-state index contributed by atoms with van der Waals surface area (Å²) >= 11 is 0. The number of benzene rings is 2. The highest BCUT2D eigenvalue weighted by Crippen LogP contribution is 2.41. The molecule has 0 saturated carbocycles. The van der Waals surface area contributed by atoms with Crippen LogP contribution in [0.4, 0.5) is 5.82 Å². The number of amides is 1. The van der Waals surface area contributed by atoms with Crippen LogP contribution in [-0.4, -0.2) is 17.5 Å². The second-order valence-corrected chi connectivity index (χ2v) is 8.55. The van der Waals surface area contributed by atoms with Crippen molar-refractivity contribution in [1.29, 1.82) is 0 Å². The van der Waals surface area contributed by atoms with Crippen LogP contribution < -0.4 is 15.1 Å². The van der Waals surface area contributed by atoms with E-state index in [0.29, 0.717) is 34.7 Å². The van der Waals surface area contributed by atoms with Gasteiger partial charge >= 0.3 is 0 Å². The summed E-state index contributed by atoms with van der Waals surface area (Å²) in [5.74, 6) is 0.712. The molecule has 0 fully saturated rings. The van der Waals surface area contributed by atoms with Crippen molar-refractivity contribution in [3.05, 3.63) is 111 Å². The molecule has 0 radical (unpaired) electrons. The largest absolute Gasteiger partial charge is 0.490 e. The second kappa shape index (κ2) is 8.30. The zero-order chi connectivity index (χ0) is 24.0. The Morgan fingerprint density at radius 3 is 2.62 bits per heavy atom. The highest BCUT2D eigenvalue weighted by Gasteiger charge is 2.44. The topological polar surface area (TPSA) is 72.6 Å². The number of hydrogen-bond donors (Lipinski definition) is 0. The number of carbonyl (C=O) groups excluding carboxylic acids is 1. The fraction of sp³-hybridized carbons (Fsp3) is 0.179. The number of carbonyl (C=O) groups is 1. The number of pyridine rings is 1. The van der Waals surface area contributed by atoms with Gasteiger partial charge in [0.15, 0.2) is 5.43 Å². The molecule has 1 amide bonds. The van der Waals surface area contributed by atoms with Crippen LogP contribution in [-0.2, 0) is 0 Å². The van der Waals surface area contributed by atoms with Crippen molar-refractivity contribution in [2.45, 2.75) is 26.8 Å². The summed E-state index contributed by atoms with van der Waals surface area (Å²) in [6.07, 6.45) is 3.36. The minimum Gasteiger partial charge on any atom is -0.490 e. The molecule has 0 N–H and O–H groups in total. The van der Waals surface area contributed by atoms with Gasteiger partial charge in [-0.25, -0.2) is 4.98 Å². The number of ether oxygens (including phenoxy) is 1. The summed E-state index contributed by atoms with van der Waals surface area (Å²) in [7, 11) is 0. The van der Waals surface area contributed by atoms with Gasteiger partial charge in [-0.05, 0) is 73.4 Å². The molecule has 1 aliphatic heterocycles. The highest BCUT2D eigenvalue weighted by molar-refractivity contribution is 6.10. The normalized spacial score (nSPS) is 15.0. The van der Waals surface area contributed by atoms with Crippen molar-refractivity contribution in [1.82, 2.24) is 4.98 Å². The maximum Gasteiger partial charge on any atom is 0.296 e. The van der Waals surface area contributed by atoms with Crippen molar-refractivity contribution in [3.63, 3.8) is 0 Å². The van der Waals surface area contributed by atoms with Crippen LogP contribution in [0.25, 0.3) is 11.0 Å². The van der Waals surface area contributed by atoms with E-state index in [1.807, 2.05) is 63.2 Å². The van der Waals surface area contributed by atoms with Crippen LogP contribution >= 0.6 is 0 Å². The summed E-state index contributed by atoms with van der Waals surface area (Å²) in [5, 5.41) is 0.456. The van der Waals surface area contributed by atoms with E-state index in [1.165, 1.54) is 4.90 Å². The fourth-order valence-corrected chi connectivity index (χ4v) is 4.31. The Bertz CT molecular complexity index is 1500. The maximum absolute atomic E-state index is 13.8. The first-order chi connectivity index (χ1) is 16.4. The number of anilines is 1. The van der Waals surface area contributed by atoms with E-state index in [2.05, 4.69) is 11.6 Å². The molecular weight excluding hydrogens is 428 g/mol. The molecular formula is C28H24N2O4. The summed E-state index contributed by atoms with van der Waals surface area (Å²) in [5.41, 5.74) is 4.16. The predicted octanol–water partition coefficient (Wildman–Crippen LogP) is 5.43. The van der Waals surface area contributed by atoms with Crippen molar-refractivity contribution in [2.75, 3.05) is 11.5 Å². The first kappa shape index (κ1) is 21.6. The summed E-state index contributed by atoms with van der Waals surface area (Å²) < 4.78 is 11.8. The average molecular weight is 453 g/mol. The predicted molar refractivity (Wildman–Crippen MR) is 132 cm³/mol. The minimum absolute atomic E-state index is 0.0468. The molecule has 6 nitrogen and oxygen atoms in total. The molecule has 2 aromatic carbocycles. The number of hydrogen-bond acceptors (Lipinski definition) is 5. The van der Waals surface area contributed by atoms with E-state index in [9.17, 15) is 9.59 Å². The Kier molecular flexibility index (Phi) is 5.28. The molecule has 170 valence electrons. The van der Waals surface area contributed by atoms with E-state index in [0.717, 1.165) is 22.3 Å². The summed E-state index contributed by atoms with van der Waals surface area (Å²) in [6, 6.07) is 14.0. The van der Waals surface area contributed by atoms with Gasteiger partial charge in [-0.15, -0.1) is 0 Å². The van der Waals surface area contributed by atoms with E-state index in [-0.39, 0.29) is 11.2 Å². The van der Waals surface area contributed by atoms with Gasteiger partial charge in [0.05, 0.1) is 17.0 Å². The third-order valence-electron chi connectivity index (χ3n) is 6.17. The molecule has 1 aliphatic rings. The monoisotopic (exact) mass is 452 g/mol. The Morgan fingerprint density at radius 1 is 1.09 bits per heavy atom. The second-order valence-electron chi connectivity index (χ2n) is 8.55. The van der Waals surface area contributed by atoms with Gasteiger partial charge in [-0.3, -0.25) is 14.5 Å². The lowest BCUT2D eigenvalue weighted by atomic mass is 9.97. The summed E-state index contributed by atoms with van der Waals surface area (Å²) in [6.45, 7) is 9.86. The molecule has 0 bridgehead atoms. The molecule has 6 heteroatoms. The highest BCUT2D eigenvalue weighted by atomic mass is 16.5. The summed E-state index contributed by atoms with van der Waals surface area (Å²) in [4.78, 5) is 33.5. The van der Waals surface area contributed by atoms with Gasteiger partial charge in [-0.2, -0.15) is 0 Å². The molecule has 5 rings (SSSR count). The Labute approximate surface area is 197 Å². The molecule has 0 aliphatic carbocycles. The Morgan fingerprint density at radius 2 is 1.88 bits per heavy atom. The van der Waals surface area contributed by atoms with E-state index in [1.54, 1.807) is 18.3 Å². The molecule has 0 unspecified atom stereocenters. The smallest absolute Gasteiger partial charge is 0.296 e. The lowest BCUT2D eigenvalue weighted by Crippen LogP contribution is -2.30. The van der Waals surface area contributed by atoms with Crippen LogP contribution in [0.5, 0.6) is 5.75 Å². The van der Waals surface area contributed by atoms with Crippen LogP contribution in [0.1, 0.15) is 44.4 Å². The van der Waals surface area contributed by atoms with Crippen LogP contribution in [0, 0.1) is 20.8 Å². The van der Waals surface area contributed by atoms with Crippen LogP contribution in [0.2, 0.25) is 0 Å². The Balaban J connectivity index is 1.77. The third-order valence-corrected chi connectivity index (χ3v) is 6.17. The molecule has 0 saturated heterocycles. The van der Waals surface area contributed by atoms with Gasteiger partial charge < -0.3 is 9.15 Å². The molecule has 0 spiro atoms. The SMILES string of the molecule is C=CCOc1cccc([C@@H]2c3c(oc4cc(C)c(C)cc4c3=O)C(=O)N2c2ccc(C)cn2)c1. The maximum atomic E-state index is 13.8. The zero-order valence-electron chi connectivity index (χ0n) is 19.3. The van der Waals surface area contributed by atoms with Gasteiger partial charge in [0.1, 0.15) is 23.8 Å². The average Bonchev–Trinajstić information content (AvgIpc) is 3.12. The van der Waals surface area contributed by atoms with Crippen molar-refractivity contribution in [3.8, 4) is 5.75 Å². The zero-order valence-corrected chi connectivity index (χ0v) is 19.3. The Hall–Kier alpha value is -4.19. The van der Waals surface area contributed by atoms with Crippen molar-refractivity contribution < 1.29 is 13.9 Å². The first-order valence-electron chi connectivity index (χ1n) is 11.1. The molecule has 1 atom stereocenters. The molecule has 3 heterocycles. The molecule has 34 heavy (non-hydrogen) atoms. The van der Waals surface area contributed by atoms with Gasteiger partial charge in [0.2, 0.25) is 5.76 Å². The van der Waals surface area contributed by atoms with Gasteiger partial charge in [0, 0.05) is 6.20 Å².